The Hall–Kier alpha value is -4.22. The van der Waals surface area contributed by atoms with Gasteiger partial charge < -0.3 is 5.11 Å². The van der Waals surface area contributed by atoms with Gasteiger partial charge in [0.2, 0.25) is 0 Å². The fraction of sp³-hybridized carbons (Fsp3) is 0.0833. The van der Waals surface area contributed by atoms with Crippen LogP contribution in [0, 0.1) is 26.8 Å². The van der Waals surface area contributed by atoms with Crippen LogP contribution in [0.25, 0.3) is 54.0 Å². The second-order valence-electron chi connectivity index (χ2n) is 10.1. The first-order valence-corrected chi connectivity index (χ1v) is 14.2. The SMILES string of the molecule is Cc1cc(C)c(-c2cc[c-]c3c4ncsc4c4ccc(-c5ccccc5)cc4c23)c(C)c1.O=C(O)c1ccccn1.[Ir]. The minimum absolute atomic E-state index is 0. The van der Waals surface area contributed by atoms with Gasteiger partial charge in [0.25, 0.3) is 0 Å². The summed E-state index contributed by atoms with van der Waals surface area (Å²) in [6.45, 7) is 6.61. The van der Waals surface area contributed by atoms with E-state index in [9.17, 15) is 4.79 Å². The van der Waals surface area contributed by atoms with Gasteiger partial charge in [-0.1, -0.05) is 88.6 Å². The number of rotatable bonds is 3. The molecule has 0 bridgehead atoms. The molecule has 2 aromatic heterocycles. The van der Waals surface area contributed by atoms with Crippen molar-refractivity contribution >= 4 is 49.1 Å². The molecule has 209 valence electrons. The summed E-state index contributed by atoms with van der Waals surface area (Å²) in [5, 5.41) is 13.2. The number of aromatic carboxylic acids is 1. The Balaban J connectivity index is 0.000000305. The van der Waals surface area contributed by atoms with E-state index in [1.165, 1.54) is 72.1 Å². The van der Waals surface area contributed by atoms with Gasteiger partial charge >= 0.3 is 5.97 Å². The standard InChI is InChI=1S/C30H22NS.C6H5NO2.Ir/c1-18-14-19(2)27(20(3)15-18)24-10-7-11-25-28(24)26-16-22(21-8-5-4-6-9-21)12-13-23(26)30-29(25)31-17-32-30;8-6(9)5-3-1-2-4-7-5;/h4-10,12-17H,1-3H3;1-4H,(H,8,9);/q-1;;. The number of carboxylic acid groups (broad SMARTS) is 1. The molecule has 1 N–H and O–H groups in total. The van der Waals surface area contributed by atoms with Crippen LogP contribution < -0.4 is 0 Å². The van der Waals surface area contributed by atoms with Gasteiger partial charge in [-0.2, -0.15) is 0 Å². The van der Waals surface area contributed by atoms with Crippen LogP contribution in [0.2, 0.25) is 0 Å². The minimum Gasteiger partial charge on any atom is -0.477 e. The topological polar surface area (TPSA) is 63.1 Å². The Labute approximate surface area is 262 Å². The number of carbonyl (C=O) groups is 1. The maximum atomic E-state index is 10.1. The number of benzene rings is 5. The van der Waals surface area contributed by atoms with Crippen LogP contribution in [0.3, 0.4) is 0 Å². The monoisotopic (exact) mass is 744 g/mol. The van der Waals surface area contributed by atoms with Crippen molar-refractivity contribution in [3.05, 3.63) is 131 Å². The number of thiazole rings is 1. The van der Waals surface area contributed by atoms with Crippen LogP contribution in [0.1, 0.15) is 27.2 Å². The molecule has 2 heterocycles. The van der Waals surface area contributed by atoms with Crippen molar-refractivity contribution in [2.75, 3.05) is 0 Å². The second-order valence-corrected chi connectivity index (χ2v) is 10.9. The Bertz CT molecular complexity index is 2030. The van der Waals surface area contributed by atoms with Gasteiger partial charge in [-0.15, -0.1) is 34.9 Å². The van der Waals surface area contributed by atoms with Crippen LogP contribution in [0.5, 0.6) is 0 Å². The number of nitrogens with zero attached hydrogens (tertiary/aromatic N) is 2. The molecule has 4 nitrogen and oxygen atoms in total. The molecule has 5 aromatic carbocycles. The third-order valence-corrected chi connectivity index (χ3v) is 8.13. The fourth-order valence-electron chi connectivity index (χ4n) is 5.64. The zero-order valence-corrected chi connectivity index (χ0v) is 26.5. The summed E-state index contributed by atoms with van der Waals surface area (Å²) < 4.78 is 1.23. The van der Waals surface area contributed by atoms with Crippen molar-refractivity contribution in [3.8, 4) is 22.3 Å². The molecule has 6 heteroatoms. The van der Waals surface area contributed by atoms with Gasteiger partial charge in [0.15, 0.2) is 0 Å². The molecule has 0 atom stereocenters. The van der Waals surface area contributed by atoms with E-state index < -0.39 is 5.97 Å². The van der Waals surface area contributed by atoms with Crippen LogP contribution in [0.15, 0.2) is 103 Å². The minimum atomic E-state index is -0.990. The first kappa shape index (κ1) is 29.3. The number of carboxylic acids is 1. The summed E-state index contributed by atoms with van der Waals surface area (Å²) in [5.74, 6) is -0.990. The normalized spacial score (nSPS) is 10.7. The number of aromatic nitrogens is 2. The maximum absolute atomic E-state index is 10.1. The van der Waals surface area contributed by atoms with Crippen molar-refractivity contribution in [1.82, 2.24) is 9.97 Å². The molecule has 0 aliphatic heterocycles. The Morgan fingerprint density at radius 1 is 0.810 bits per heavy atom. The first-order chi connectivity index (χ1) is 19.9. The van der Waals surface area contributed by atoms with Crippen LogP contribution in [-0.4, -0.2) is 21.0 Å². The van der Waals surface area contributed by atoms with E-state index in [1.54, 1.807) is 23.5 Å². The molecule has 0 amide bonds. The maximum Gasteiger partial charge on any atom is 0.354 e. The van der Waals surface area contributed by atoms with Crippen molar-refractivity contribution in [2.24, 2.45) is 0 Å². The molecule has 0 aliphatic rings. The molecule has 7 aromatic rings. The summed E-state index contributed by atoms with van der Waals surface area (Å²) in [4.78, 5) is 18.5. The van der Waals surface area contributed by atoms with Crippen molar-refractivity contribution < 1.29 is 30.0 Å². The number of fused-ring (bicyclic) bond motifs is 6. The second kappa shape index (κ2) is 12.3. The van der Waals surface area contributed by atoms with E-state index in [0.717, 1.165) is 10.9 Å². The molecule has 1 radical (unpaired) electrons. The summed E-state index contributed by atoms with van der Waals surface area (Å²) in [7, 11) is 0. The van der Waals surface area contributed by atoms with E-state index in [-0.39, 0.29) is 25.8 Å². The molecule has 0 saturated heterocycles. The molecule has 0 spiro atoms. The van der Waals surface area contributed by atoms with Gasteiger partial charge in [-0.05, 0) is 66.1 Å². The predicted molar refractivity (Wildman–Crippen MR) is 170 cm³/mol. The van der Waals surface area contributed by atoms with E-state index in [1.807, 2.05) is 5.51 Å². The quantitative estimate of drug-likeness (QED) is 0.145. The first-order valence-electron chi connectivity index (χ1n) is 13.3. The average molecular weight is 744 g/mol. The zero-order chi connectivity index (χ0) is 28.5. The van der Waals surface area contributed by atoms with Gasteiger partial charge in [0.1, 0.15) is 5.69 Å². The number of hydrogen-bond donors (Lipinski definition) is 1. The molecule has 7 rings (SSSR count). The molecule has 0 fully saturated rings. The third kappa shape index (κ3) is 5.49. The fourth-order valence-corrected chi connectivity index (χ4v) is 6.48. The zero-order valence-electron chi connectivity index (χ0n) is 23.3. The predicted octanol–water partition coefficient (Wildman–Crippen LogP) is 9.44. The average Bonchev–Trinajstić information content (AvgIpc) is 3.48. The van der Waals surface area contributed by atoms with Crippen molar-refractivity contribution in [3.63, 3.8) is 0 Å². The third-order valence-electron chi connectivity index (χ3n) is 7.27. The molecule has 0 saturated carbocycles. The smallest absolute Gasteiger partial charge is 0.354 e. The van der Waals surface area contributed by atoms with Crippen molar-refractivity contribution in [1.29, 1.82) is 0 Å². The van der Waals surface area contributed by atoms with E-state index in [2.05, 4.69) is 105 Å². The van der Waals surface area contributed by atoms with Crippen molar-refractivity contribution in [2.45, 2.75) is 20.8 Å². The molecular formula is C36H27IrN2O2S-. The van der Waals surface area contributed by atoms with Crippen LogP contribution >= 0.6 is 11.3 Å². The number of aryl methyl sites for hydroxylation is 3. The molecule has 0 aliphatic carbocycles. The summed E-state index contributed by atoms with van der Waals surface area (Å²) in [6.07, 6.45) is 1.45. The molecule has 0 unspecified atom stereocenters. The Morgan fingerprint density at radius 2 is 1.55 bits per heavy atom. The summed E-state index contributed by atoms with van der Waals surface area (Å²) in [5.41, 5.74) is 12.0. The largest absolute Gasteiger partial charge is 0.477 e. The van der Waals surface area contributed by atoms with Crippen LogP contribution in [0.4, 0.5) is 0 Å². The van der Waals surface area contributed by atoms with E-state index >= 15 is 0 Å². The van der Waals surface area contributed by atoms with Gasteiger partial charge in [0.05, 0.1) is 5.51 Å². The van der Waals surface area contributed by atoms with E-state index in [0.29, 0.717) is 0 Å². The Kier molecular flexibility index (Phi) is 8.60. The van der Waals surface area contributed by atoms with Crippen LogP contribution in [-0.2, 0) is 20.1 Å². The molecular weight excluding hydrogens is 717 g/mol. The number of pyridine rings is 1. The molecule has 42 heavy (non-hydrogen) atoms. The van der Waals surface area contributed by atoms with Gasteiger partial charge in [-0.25, -0.2) is 9.78 Å². The summed E-state index contributed by atoms with van der Waals surface area (Å²) in [6, 6.07) is 34.6. The van der Waals surface area contributed by atoms with E-state index in [4.69, 9.17) is 10.1 Å². The van der Waals surface area contributed by atoms with Gasteiger partial charge in [0, 0.05) is 36.5 Å². The Morgan fingerprint density at radius 3 is 2.21 bits per heavy atom. The number of hydrogen-bond acceptors (Lipinski definition) is 4. The summed E-state index contributed by atoms with van der Waals surface area (Å²) >= 11 is 1.71. The van der Waals surface area contributed by atoms with Gasteiger partial charge in [-0.3, -0.25) is 4.98 Å².